The molecule has 0 radical (unpaired) electrons. The summed E-state index contributed by atoms with van der Waals surface area (Å²) in [4.78, 5) is 22.8. The van der Waals surface area contributed by atoms with Gasteiger partial charge in [-0.15, -0.1) is 0 Å². The minimum atomic E-state index is -0.820. The van der Waals surface area contributed by atoms with E-state index in [1.54, 1.807) is 6.92 Å². The zero-order valence-electron chi connectivity index (χ0n) is 13.5. The molecular formula is C16H28N2O3. The van der Waals surface area contributed by atoms with Gasteiger partial charge in [0.15, 0.2) is 0 Å². The van der Waals surface area contributed by atoms with E-state index in [9.17, 15) is 9.59 Å². The lowest BCUT2D eigenvalue weighted by atomic mass is 9.68. The summed E-state index contributed by atoms with van der Waals surface area (Å²) in [5.74, 6) is -0.555. The molecule has 2 bridgehead atoms. The van der Waals surface area contributed by atoms with Crippen LogP contribution in [0.3, 0.4) is 0 Å². The Bertz CT molecular complexity index is 430. The molecule has 2 amide bonds. The second-order valence-corrected chi connectivity index (χ2v) is 7.78. The van der Waals surface area contributed by atoms with E-state index in [1.807, 2.05) is 0 Å². The lowest BCUT2D eigenvalue weighted by Crippen LogP contribution is -2.55. The number of carbonyl (C=O) groups excluding carboxylic acids is 1. The normalized spacial score (nSPS) is 34.5. The number of nitrogens with one attached hydrogen (secondary N) is 2. The quantitative estimate of drug-likeness (QED) is 0.729. The van der Waals surface area contributed by atoms with Gasteiger partial charge in [-0.1, -0.05) is 27.7 Å². The Hall–Kier alpha value is -1.26. The third kappa shape index (κ3) is 3.01. The largest absolute Gasteiger partial charge is 0.481 e. The molecule has 2 aliphatic rings. The van der Waals surface area contributed by atoms with Gasteiger partial charge in [-0.25, -0.2) is 4.79 Å². The van der Waals surface area contributed by atoms with Gasteiger partial charge in [0.05, 0.1) is 5.92 Å². The van der Waals surface area contributed by atoms with E-state index in [1.165, 1.54) is 19.3 Å². The molecule has 0 heterocycles. The van der Waals surface area contributed by atoms with Gasteiger partial charge in [-0.05, 0) is 42.4 Å². The summed E-state index contributed by atoms with van der Waals surface area (Å²) in [7, 11) is 0. The number of carboxylic acids is 1. The molecule has 21 heavy (non-hydrogen) atoms. The fourth-order valence-electron chi connectivity index (χ4n) is 4.37. The van der Waals surface area contributed by atoms with E-state index >= 15 is 0 Å². The van der Waals surface area contributed by atoms with Crippen LogP contribution < -0.4 is 10.6 Å². The Morgan fingerprint density at radius 1 is 1.33 bits per heavy atom. The monoisotopic (exact) mass is 296 g/mol. The molecule has 2 fully saturated rings. The fraction of sp³-hybridized carbons (Fsp3) is 0.875. The first kappa shape index (κ1) is 16.1. The molecular weight excluding hydrogens is 268 g/mol. The molecule has 0 aromatic carbocycles. The van der Waals surface area contributed by atoms with Crippen molar-refractivity contribution in [3.05, 3.63) is 0 Å². The van der Waals surface area contributed by atoms with E-state index in [4.69, 9.17) is 5.11 Å². The standard InChI is InChI=1S/C16H28N2O3/c1-10(12(19)20)6-8-17-14(21)18-13-15(2,3)11-5-7-16(13,4)9-11/h10-11,13H,5-9H2,1-4H3,(H,19,20)(H2,17,18,21). The molecule has 0 saturated heterocycles. The number of carbonyl (C=O) groups is 2. The minimum Gasteiger partial charge on any atom is -0.481 e. The van der Waals surface area contributed by atoms with Crippen molar-refractivity contribution in [1.29, 1.82) is 0 Å². The van der Waals surface area contributed by atoms with Gasteiger partial charge in [0.25, 0.3) is 0 Å². The number of urea groups is 1. The molecule has 4 atom stereocenters. The molecule has 120 valence electrons. The summed E-state index contributed by atoms with van der Waals surface area (Å²) in [5, 5.41) is 14.8. The SMILES string of the molecule is CC(CCNC(=O)NC1C2(C)CCC(C2)C1(C)C)C(=O)O. The molecule has 0 aromatic rings. The summed E-state index contributed by atoms with van der Waals surface area (Å²) >= 11 is 0. The Morgan fingerprint density at radius 3 is 2.52 bits per heavy atom. The van der Waals surface area contributed by atoms with Gasteiger partial charge in [-0.3, -0.25) is 4.79 Å². The molecule has 2 aliphatic carbocycles. The van der Waals surface area contributed by atoms with Crippen molar-refractivity contribution < 1.29 is 14.7 Å². The molecule has 0 aliphatic heterocycles. The van der Waals surface area contributed by atoms with Gasteiger partial charge in [0, 0.05) is 12.6 Å². The summed E-state index contributed by atoms with van der Waals surface area (Å²) in [6.45, 7) is 8.83. The lowest BCUT2D eigenvalue weighted by molar-refractivity contribution is -0.141. The van der Waals surface area contributed by atoms with E-state index in [0.717, 1.165) is 0 Å². The third-order valence-electron chi connectivity index (χ3n) is 5.83. The number of carboxylic acid groups (broad SMARTS) is 1. The second kappa shape index (κ2) is 5.50. The number of hydrogen-bond acceptors (Lipinski definition) is 2. The van der Waals surface area contributed by atoms with E-state index in [-0.39, 0.29) is 22.9 Å². The topological polar surface area (TPSA) is 78.4 Å². The van der Waals surface area contributed by atoms with Crippen molar-refractivity contribution >= 4 is 12.0 Å². The molecule has 4 unspecified atom stereocenters. The predicted octanol–water partition coefficient (Wildman–Crippen LogP) is 2.61. The van der Waals surface area contributed by atoms with E-state index < -0.39 is 11.9 Å². The molecule has 2 saturated carbocycles. The van der Waals surface area contributed by atoms with Crippen molar-refractivity contribution in [3.8, 4) is 0 Å². The highest BCUT2D eigenvalue weighted by atomic mass is 16.4. The second-order valence-electron chi connectivity index (χ2n) is 7.78. The predicted molar refractivity (Wildman–Crippen MR) is 81.0 cm³/mol. The highest BCUT2D eigenvalue weighted by Crippen LogP contribution is 2.62. The first-order valence-corrected chi connectivity index (χ1v) is 7.94. The first-order valence-electron chi connectivity index (χ1n) is 7.94. The van der Waals surface area contributed by atoms with Crippen molar-refractivity contribution in [2.75, 3.05) is 6.54 Å². The average Bonchev–Trinajstić information content (AvgIpc) is 2.85. The van der Waals surface area contributed by atoms with Crippen LogP contribution >= 0.6 is 0 Å². The first-order chi connectivity index (χ1) is 9.67. The van der Waals surface area contributed by atoms with Crippen LogP contribution in [0.25, 0.3) is 0 Å². The molecule has 2 rings (SSSR count). The Morgan fingerprint density at radius 2 is 2.00 bits per heavy atom. The van der Waals surface area contributed by atoms with E-state index in [2.05, 4.69) is 31.4 Å². The summed E-state index contributed by atoms with van der Waals surface area (Å²) in [6, 6.07) is 0.0279. The summed E-state index contributed by atoms with van der Waals surface area (Å²) in [6.07, 6.45) is 4.10. The highest BCUT2D eigenvalue weighted by Gasteiger charge is 2.59. The fourth-order valence-corrected chi connectivity index (χ4v) is 4.37. The molecule has 3 N–H and O–H groups in total. The third-order valence-corrected chi connectivity index (χ3v) is 5.83. The van der Waals surface area contributed by atoms with Crippen LogP contribution in [0.15, 0.2) is 0 Å². The molecule has 0 aromatic heterocycles. The smallest absolute Gasteiger partial charge is 0.315 e. The number of fused-ring (bicyclic) bond motifs is 2. The van der Waals surface area contributed by atoms with Crippen LogP contribution in [0.5, 0.6) is 0 Å². The molecule has 5 heteroatoms. The van der Waals surface area contributed by atoms with Gasteiger partial charge >= 0.3 is 12.0 Å². The van der Waals surface area contributed by atoms with Crippen molar-refractivity contribution in [3.63, 3.8) is 0 Å². The zero-order valence-corrected chi connectivity index (χ0v) is 13.5. The summed E-state index contributed by atoms with van der Waals surface area (Å²) < 4.78 is 0. The maximum Gasteiger partial charge on any atom is 0.315 e. The highest BCUT2D eigenvalue weighted by molar-refractivity contribution is 5.74. The Labute approximate surface area is 126 Å². The van der Waals surface area contributed by atoms with Crippen LogP contribution in [-0.4, -0.2) is 29.7 Å². The van der Waals surface area contributed by atoms with E-state index in [0.29, 0.717) is 18.9 Å². The maximum absolute atomic E-state index is 12.1. The molecule has 0 spiro atoms. The number of aliphatic carboxylic acids is 1. The number of hydrogen-bond donors (Lipinski definition) is 3. The Balaban J connectivity index is 1.84. The van der Waals surface area contributed by atoms with Crippen molar-refractivity contribution in [2.45, 2.75) is 59.4 Å². The van der Waals surface area contributed by atoms with Gasteiger partial charge in [-0.2, -0.15) is 0 Å². The maximum atomic E-state index is 12.1. The molecule has 5 nitrogen and oxygen atoms in total. The van der Waals surface area contributed by atoms with Gasteiger partial charge in [0.1, 0.15) is 0 Å². The minimum absolute atomic E-state index is 0.138. The number of amides is 2. The van der Waals surface area contributed by atoms with Gasteiger partial charge < -0.3 is 15.7 Å². The Kier molecular flexibility index (Phi) is 4.22. The van der Waals surface area contributed by atoms with Crippen LogP contribution in [0.1, 0.15) is 53.4 Å². The lowest BCUT2D eigenvalue weighted by Gasteiger charge is -2.43. The zero-order chi connectivity index (χ0) is 15.8. The van der Waals surface area contributed by atoms with Crippen molar-refractivity contribution in [2.24, 2.45) is 22.7 Å². The van der Waals surface area contributed by atoms with Crippen LogP contribution in [0.2, 0.25) is 0 Å². The van der Waals surface area contributed by atoms with Crippen LogP contribution in [-0.2, 0) is 4.79 Å². The van der Waals surface area contributed by atoms with Crippen LogP contribution in [0, 0.1) is 22.7 Å². The number of rotatable bonds is 5. The van der Waals surface area contributed by atoms with Crippen molar-refractivity contribution in [1.82, 2.24) is 10.6 Å². The van der Waals surface area contributed by atoms with Crippen LogP contribution in [0.4, 0.5) is 4.79 Å². The summed E-state index contributed by atoms with van der Waals surface area (Å²) in [5.41, 5.74) is 0.346. The average molecular weight is 296 g/mol. The van der Waals surface area contributed by atoms with Gasteiger partial charge in [0.2, 0.25) is 0 Å².